The minimum Gasteiger partial charge on any atom is -0.324 e. The smallest absolute Gasteiger partial charge is 0.266 e. The molecule has 2 aromatic carbocycles. The summed E-state index contributed by atoms with van der Waals surface area (Å²) in [5.41, 5.74) is 1.53. The molecule has 0 bridgehead atoms. The second kappa shape index (κ2) is 8.18. The molecule has 0 aliphatic carbocycles. The Bertz CT molecular complexity index is 1070. The first-order valence-corrected chi connectivity index (χ1v) is 9.85. The third kappa shape index (κ3) is 4.52. The number of carbonyl (C=O) groups is 1. The van der Waals surface area contributed by atoms with Crippen LogP contribution in [0.3, 0.4) is 0 Å². The van der Waals surface area contributed by atoms with Crippen molar-refractivity contribution in [1.29, 1.82) is 0 Å². The van der Waals surface area contributed by atoms with Crippen molar-refractivity contribution in [2.24, 2.45) is 0 Å². The number of anilines is 2. The first kappa shape index (κ1) is 19.5. The summed E-state index contributed by atoms with van der Waals surface area (Å²) in [5, 5.41) is 2.52. The Kier molecular flexibility index (Phi) is 5.70. The normalized spacial score (nSPS) is 11.1. The molecule has 3 aromatic rings. The van der Waals surface area contributed by atoms with Crippen LogP contribution in [-0.2, 0) is 14.8 Å². The number of rotatable bonds is 6. The number of aryl methyl sites for hydroxylation is 1. The highest BCUT2D eigenvalue weighted by Crippen LogP contribution is 2.23. The number of nitrogens with one attached hydrogen (secondary N) is 1. The van der Waals surface area contributed by atoms with Crippen molar-refractivity contribution in [2.75, 3.05) is 16.2 Å². The number of nitrogens with zero attached hydrogens (tertiary/aromatic N) is 2. The molecule has 0 atom stereocenters. The lowest BCUT2D eigenvalue weighted by Gasteiger charge is -2.24. The van der Waals surface area contributed by atoms with Gasteiger partial charge in [-0.15, -0.1) is 0 Å². The quantitative estimate of drug-likeness (QED) is 0.689. The van der Waals surface area contributed by atoms with E-state index in [2.05, 4.69) is 10.3 Å². The summed E-state index contributed by atoms with van der Waals surface area (Å²) in [5.74, 6) is -1.10. The molecule has 1 heterocycles. The zero-order valence-corrected chi connectivity index (χ0v) is 15.9. The van der Waals surface area contributed by atoms with E-state index in [1.54, 1.807) is 24.3 Å². The van der Waals surface area contributed by atoms with Crippen molar-refractivity contribution in [3.63, 3.8) is 0 Å². The second-order valence-electron chi connectivity index (χ2n) is 6.09. The van der Waals surface area contributed by atoms with Gasteiger partial charge in [0.1, 0.15) is 17.3 Å². The zero-order valence-electron chi connectivity index (χ0n) is 15.0. The minimum atomic E-state index is -4.03. The maximum Gasteiger partial charge on any atom is 0.266 e. The van der Waals surface area contributed by atoms with E-state index in [9.17, 15) is 17.6 Å². The summed E-state index contributed by atoms with van der Waals surface area (Å²) in [7, 11) is -4.03. The van der Waals surface area contributed by atoms with Gasteiger partial charge < -0.3 is 5.32 Å². The summed E-state index contributed by atoms with van der Waals surface area (Å²) in [4.78, 5) is 16.3. The maximum absolute atomic E-state index is 13.3. The first-order chi connectivity index (χ1) is 13.4. The molecule has 0 aliphatic rings. The fourth-order valence-electron chi connectivity index (χ4n) is 2.55. The van der Waals surface area contributed by atoms with Crippen molar-refractivity contribution in [1.82, 2.24) is 4.98 Å². The second-order valence-corrected chi connectivity index (χ2v) is 7.96. The van der Waals surface area contributed by atoms with Crippen LogP contribution in [0.5, 0.6) is 0 Å². The van der Waals surface area contributed by atoms with Crippen LogP contribution in [0.4, 0.5) is 15.8 Å². The summed E-state index contributed by atoms with van der Waals surface area (Å²) >= 11 is 0. The molecule has 28 heavy (non-hydrogen) atoms. The summed E-state index contributed by atoms with van der Waals surface area (Å²) < 4.78 is 40.5. The van der Waals surface area contributed by atoms with E-state index in [1.807, 2.05) is 6.92 Å². The maximum atomic E-state index is 13.3. The van der Waals surface area contributed by atoms with Gasteiger partial charge in [-0.2, -0.15) is 0 Å². The topological polar surface area (TPSA) is 79.4 Å². The lowest BCUT2D eigenvalue weighted by Crippen LogP contribution is -2.38. The summed E-state index contributed by atoms with van der Waals surface area (Å²) in [6.45, 7) is 1.40. The Hall–Kier alpha value is -3.26. The fourth-order valence-corrected chi connectivity index (χ4v) is 3.94. The molecule has 144 valence electrons. The largest absolute Gasteiger partial charge is 0.324 e. The standard InChI is InChI=1S/C20H18FN3O3S/c1-15-7-9-18(10-8-15)24(28(26,27)19-6-3-11-22-13-19)14-20(25)23-17-5-2-4-16(21)12-17/h2-13H,14H2,1H3,(H,23,25). The molecular weight excluding hydrogens is 381 g/mol. The molecule has 0 saturated carbocycles. The fraction of sp³-hybridized carbons (Fsp3) is 0.100. The molecule has 0 spiro atoms. The van der Waals surface area contributed by atoms with Crippen molar-refractivity contribution in [2.45, 2.75) is 11.8 Å². The predicted octanol–water partition coefficient (Wildman–Crippen LogP) is 3.36. The van der Waals surface area contributed by atoms with Gasteiger partial charge in [-0.3, -0.25) is 14.1 Å². The lowest BCUT2D eigenvalue weighted by molar-refractivity contribution is -0.114. The van der Waals surface area contributed by atoms with Crippen LogP contribution in [0.2, 0.25) is 0 Å². The average Bonchev–Trinajstić information content (AvgIpc) is 2.67. The summed E-state index contributed by atoms with van der Waals surface area (Å²) in [6, 6.07) is 15.1. The van der Waals surface area contributed by atoms with Crippen molar-refractivity contribution >= 4 is 27.3 Å². The van der Waals surface area contributed by atoms with Crippen molar-refractivity contribution < 1.29 is 17.6 Å². The Morgan fingerprint density at radius 1 is 1.11 bits per heavy atom. The first-order valence-electron chi connectivity index (χ1n) is 8.41. The van der Waals surface area contributed by atoms with Gasteiger partial charge in [0.25, 0.3) is 10.0 Å². The zero-order chi connectivity index (χ0) is 20.1. The van der Waals surface area contributed by atoms with Gasteiger partial charge in [-0.1, -0.05) is 23.8 Å². The molecule has 0 radical (unpaired) electrons. The van der Waals surface area contributed by atoms with Gasteiger partial charge in [-0.05, 0) is 49.4 Å². The summed E-state index contributed by atoms with van der Waals surface area (Å²) in [6.07, 6.45) is 2.69. The van der Waals surface area contributed by atoms with Crippen molar-refractivity contribution in [3.05, 3.63) is 84.4 Å². The SMILES string of the molecule is Cc1ccc(N(CC(=O)Nc2cccc(F)c2)S(=O)(=O)c2cccnc2)cc1. The highest BCUT2D eigenvalue weighted by atomic mass is 32.2. The van der Waals surface area contributed by atoms with Gasteiger partial charge in [0, 0.05) is 18.1 Å². The molecular formula is C20H18FN3O3S. The van der Waals surface area contributed by atoms with Crippen LogP contribution in [-0.4, -0.2) is 25.9 Å². The number of amides is 1. The van der Waals surface area contributed by atoms with E-state index < -0.39 is 28.3 Å². The monoisotopic (exact) mass is 399 g/mol. The molecule has 1 N–H and O–H groups in total. The molecule has 0 fully saturated rings. The third-order valence-electron chi connectivity index (χ3n) is 3.94. The number of halogens is 1. The van der Waals surface area contributed by atoms with Crippen LogP contribution in [0.1, 0.15) is 5.56 Å². The van der Waals surface area contributed by atoms with E-state index in [0.717, 1.165) is 15.9 Å². The highest BCUT2D eigenvalue weighted by Gasteiger charge is 2.27. The van der Waals surface area contributed by atoms with Gasteiger partial charge >= 0.3 is 0 Å². The molecule has 8 heteroatoms. The van der Waals surface area contributed by atoms with E-state index >= 15 is 0 Å². The van der Waals surface area contributed by atoms with Gasteiger partial charge in [0.05, 0.1) is 5.69 Å². The molecule has 0 aliphatic heterocycles. The van der Waals surface area contributed by atoms with Gasteiger partial charge in [0.15, 0.2) is 0 Å². The van der Waals surface area contributed by atoms with Crippen LogP contribution >= 0.6 is 0 Å². The molecule has 1 amide bonds. The average molecular weight is 399 g/mol. The van der Waals surface area contributed by atoms with Crippen LogP contribution in [0.25, 0.3) is 0 Å². The van der Waals surface area contributed by atoms with E-state index in [-0.39, 0.29) is 10.6 Å². The Morgan fingerprint density at radius 3 is 2.50 bits per heavy atom. The molecule has 6 nitrogen and oxygen atoms in total. The molecule has 0 unspecified atom stereocenters. The Morgan fingerprint density at radius 2 is 1.86 bits per heavy atom. The predicted molar refractivity (Wildman–Crippen MR) is 105 cm³/mol. The Labute approximate surface area is 162 Å². The van der Waals surface area contributed by atoms with Crippen LogP contribution in [0, 0.1) is 12.7 Å². The molecule has 3 rings (SSSR count). The third-order valence-corrected chi connectivity index (χ3v) is 5.70. The number of pyridine rings is 1. The Balaban J connectivity index is 1.92. The van der Waals surface area contributed by atoms with E-state index in [0.29, 0.717) is 5.69 Å². The number of hydrogen-bond donors (Lipinski definition) is 1. The van der Waals surface area contributed by atoms with E-state index in [1.165, 1.54) is 42.7 Å². The highest BCUT2D eigenvalue weighted by molar-refractivity contribution is 7.92. The lowest BCUT2D eigenvalue weighted by atomic mass is 10.2. The number of hydrogen-bond acceptors (Lipinski definition) is 4. The number of benzene rings is 2. The number of carbonyl (C=O) groups excluding carboxylic acids is 1. The van der Waals surface area contributed by atoms with E-state index in [4.69, 9.17) is 0 Å². The van der Waals surface area contributed by atoms with Crippen molar-refractivity contribution in [3.8, 4) is 0 Å². The number of aromatic nitrogens is 1. The van der Waals surface area contributed by atoms with Gasteiger partial charge in [-0.25, -0.2) is 12.8 Å². The molecule has 1 aromatic heterocycles. The van der Waals surface area contributed by atoms with Crippen LogP contribution in [0.15, 0.2) is 78.0 Å². The minimum absolute atomic E-state index is 0.0332. The molecule has 0 saturated heterocycles. The number of sulfonamides is 1. The van der Waals surface area contributed by atoms with Crippen LogP contribution < -0.4 is 9.62 Å². The van der Waals surface area contributed by atoms with Gasteiger partial charge in [0.2, 0.25) is 5.91 Å².